The Morgan fingerprint density at radius 3 is 2.48 bits per heavy atom. The Kier molecular flexibility index (Phi) is 8.70. The summed E-state index contributed by atoms with van der Waals surface area (Å²) >= 11 is 0. The zero-order valence-corrected chi connectivity index (χ0v) is 23.1. The first kappa shape index (κ1) is 28.2. The van der Waals surface area contributed by atoms with Gasteiger partial charge >= 0.3 is 12.1 Å². The van der Waals surface area contributed by atoms with Gasteiger partial charge in [0.15, 0.2) is 0 Å². The fourth-order valence-electron chi connectivity index (χ4n) is 4.16. The molecule has 2 N–H and O–H groups in total. The molecule has 9 nitrogen and oxygen atoms in total. The third kappa shape index (κ3) is 7.60. The van der Waals surface area contributed by atoms with Crippen molar-refractivity contribution in [3.63, 3.8) is 0 Å². The fourth-order valence-corrected chi connectivity index (χ4v) is 4.16. The van der Waals surface area contributed by atoms with Crippen molar-refractivity contribution >= 4 is 34.5 Å². The maximum Gasteiger partial charge on any atom is 0.420 e. The zero-order chi connectivity index (χ0) is 28.7. The highest BCUT2D eigenvalue weighted by atomic mass is 16.6. The average Bonchev–Trinajstić information content (AvgIpc) is 3.33. The van der Waals surface area contributed by atoms with E-state index in [4.69, 9.17) is 14.7 Å². The van der Waals surface area contributed by atoms with Crippen LogP contribution in [-0.2, 0) is 16.1 Å². The number of hydrogen-bond acceptors (Lipinski definition) is 7. The number of para-hydroxylation sites is 1. The molecule has 0 spiro atoms. The number of aromatic nitrogens is 2. The van der Waals surface area contributed by atoms with Gasteiger partial charge in [-0.2, -0.15) is 5.26 Å². The number of nitrogens with one attached hydrogen (secondary N) is 2. The lowest BCUT2D eigenvalue weighted by Gasteiger charge is -2.29. The number of benzene rings is 3. The van der Waals surface area contributed by atoms with Crippen molar-refractivity contribution in [3.05, 3.63) is 84.2 Å². The number of fused-ring (bicyclic) bond motifs is 1. The third-order valence-electron chi connectivity index (χ3n) is 6.04. The number of nitrogens with zero attached hydrogens (tertiary/aromatic N) is 3. The van der Waals surface area contributed by atoms with Crippen LogP contribution in [0.1, 0.15) is 51.9 Å². The Balaban J connectivity index is 1.44. The van der Waals surface area contributed by atoms with Crippen molar-refractivity contribution in [3.8, 4) is 11.8 Å². The summed E-state index contributed by atoms with van der Waals surface area (Å²) in [5.74, 6) is 0.771. The first-order valence-corrected chi connectivity index (χ1v) is 13.1. The monoisotopic (exact) mass is 539 g/mol. The molecule has 0 radical (unpaired) electrons. The van der Waals surface area contributed by atoms with E-state index in [1.54, 1.807) is 35.2 Å². The summed E-state index contributed by atoms with van der Waals surface area (Å²) in [6.45, 7) is 7.81. The molecule has 0 saturated carbocycles. The lowest BCUT2D eigenvalue weighted by molar-refractivity contribution is -0.155. The Bertz CT molecular complexity index is 1500. The molecule has 0 aliphatic heterocycles. The van der Waals surface area contributed by atoms with E-state index in [2.05, 4.69) is 21.4 Å². The van der Waals surface area contributed by atoms with E-state index >= 15 is 0 Å². The number of carbonyl (C=O) groups excluding carboxylic acids is 2. The minimum absolute atomic E-state index is 0.175. The van der Waals surface area contributed by atoms with E-state index in [1.807, 2.05) is 70.2 Å². The molecule has 0 bridgehead atoms. The minimum Gasteiger partial charge on any atom is -0.460 e. The lowest BCUT2D eigenvalue weighted by Crippen LogP contribution is -2.41. The number of imidazole rings is 1. The molecular weight excluding hydrogens is 506 g/mol. The number of carbonyl (C=O) groups is 2. The Hall–Kier alpha value is -4.84. The first-order valence-electron chi connectivity index (χ1n) is 13.1. The summed E-state index contributed by atoms with van der Waals surface area (Å²) in [5.41, 5.74) is 3.04. The van der Waals surface area contributed by atoms with Crippen LogP contribution in [0, 0.1) is 11.3 Å². The molecule has 1 aromatic heterocycles. The molecule has 40 heavy (non-hydrogen) atoms. The SMILES string of the molecule is CC(CCC(=O)OC(C)(C)C)N(C(=O)Oc1ccc2nc(CNc3ccc(C#N)cc3)[nH]c2c1)c1ccccc1. The van der Waals surface area contributed by atoms with Gasteiger partial charge in [0.25, 0.3) is 0 Å². The van der Waals surface area contributed by atoms with Crippen LogP contribution in [0.15, 0.2) is 72.8 Å². The molecule has 3 aromatic carbocycles. The number of rotatable bonds is 9. The van der Waals surface area contributed by atoms with Gasteiger partial charge in [0.1, 0.15) is 17.2 Å². The smallest absolute Gasteiger partial charge is 0.420 e. The molecule has 1 unspecified atom stereocenters. The summed E-state index contributed by atoms with van der Waals surface area (Å²) in [4.78, 5) is 35.1. The van der Waals surface area contributed by atoms with Crippen LogP contribution in [0.4, 0.5) is 16.2 Å². The van der Waals surface area contributed by atoms with Crippen LogP contribution in [0.5, 0.6) is 5.75 Å². The van der Waals surface area contributed by atoms with E-state index < -0.39 is 11.7 Å². The number of aromatic amines is 1. The lowest BCUT2D eigenvalue weighted by atomic mass is 10.1. The van der Waals surface area contributed by atoms with Crippen LogP contribution >= 0.6 is 0 Å². The van der Waals surface area contributed by atoms with Gasteiger partial charge in [0.05, 0.1) is 29.2 Å². The van der Waals surface area contributed by atoms with Gasteiger partial charge < -0.3 is 19.8 Å². The maximum atomic E-state index is 13.4. The molecule has 1 heterocycles. The highest BCUT2D eigenvalue weighted by Crippen LogP contribution is 2.25. The third-order valence-corrected chi connectivity index (χ3v) is 6.04. The second-order valence-corrected chi connectivity index (χ2v) is 10.5. The van der Waals surface area contributed by atoms with E-state index in [-0.39, 0.29) is 18.4 Å². The summed E-state index contributed by atoms with van der Waals surface area (Å²) in [6, 6.07) is 23.4. The number of amides is 1. The molecule has 0 fully saturated rings. The quantitative estimate of drug-likeness (QED) is 0.231. The predicted molar refractivity (Wildman–Crippen MR) is 154 cm³/mol. The molecular formula is C31H33N5O4. The largest absolute Gasteiger partial charge is 0.460 e. The van der Waals surface area contributed by atoms with Crippen molar-refractivity contribution in [1.82, 2.24) is 9.97 Å². The predicted octanol–water partition coefficient (Wildman–Crippen LogP) is 6.56. The molecule has 0 saturated heterocycles. The molecule has 206 valence electrons. The van der Waals surface area contributed by atoms with Crippen LogP contribution in [0.3, 0.4) is 0 Å². The fraction of sp³-hybridized carbons (Fsp3) is 0.290. The van der Waals surface area contributed by atoms with Gasteiger partial charge in [0, 0.05) is 29.9 Å². The number of ether oxygens (including phenoxy) is 2. The van der Waals surface area contributed by atoms with Gasteiger partial charge in [-0.25, -0.2) is 9.78 Å². The summed E-state index contributed by atoms with van der Waals surface area (Å²) in [6.07, 6.45) is 0.0344. The van der Waals surface area contributed by atoms with Gasteiger partial charge in [0.2, 0.25) is 0 Å². The number of H-pyrrole nitrogens is 1. The number of esters is 1. The van der Waals surface area contributed by atoms with E-state index in [0.717, 1.165) is 16.7 Å². The average molecular weight is 540 g/mol. The Labute approximate surface area is 233 Å². The van der Waals surface area contributed by atoms with Gasteiger partial charge in [-0.05, 0) is 82.6 Å². The van der Waals surface area contributed by atoms with Crippen LogP contribution in [0.25, 0.3) is 11.0 Å². The van der Waals surface area contributed by atoms with E-state index in [9.17, 15) is 9.59 Å². The summed E-state index contributed by atoms with van der Waals surface area (Å²) in [5, 5.41) is 12.2. The van der Waals surface area contributed by atoms with Crippen LogP contribution < -0.4 is 15.0 Å². The Morgan fingerprint density at radius 2 is 1.80 bits per heavy atom. The van der Waals surface area contributed by atoms with Crippen molar-refractivity contribution in [2.75, 3.05) is 10.2 Å². The van der Waals surface area contributed by atoms with Crippen LogP contribution in [0.2, 0.25) is 0 Å². The molecule has 0 aliphatic rings. The second-order valence-electron chi connectivity index (χ2n) is 10.5. The topological polar surface area (TPSA) is 120 Å². The number of nitriles is 1. The van der Waals surface area contributed by atoms with Crippen molar-refractivity contribution in [1.29, 1.82) is 5.26 Å². The molecule has 0 aliphatic carbocycles. The molecule has 4 aromatic rings. The molecule has 9 heteroatoms. The van der Waals surface area contributed by atoms with E-state index in [0.29, 0.717) is 35.8 Å². The van der Waals surface area contributed by atoms with Gasteiger partial charge in [-0.15, -0.1) is 0 Å². The number of hydrogen-bond donors (Lipinski definition) is 2. The van der Waals surface area contributed by atoms with Crippen molar-refractivity contribution in [2.24, 2.45) is 0 Å². The summed E-state index contributed by atoms with van der Waals surface area (Å²) < 4.78 is 11.2. The molecule has 1 amide bonds. The van der Waals surface area contributed by atoms with Gasteiger partial charge in [-0.3, -0.25) is 9.69 Å². The van der Waals surface area contributed by atoms with E-state index in [1.165, 1.54) is 0 Å². The van der Waals surface area contributed by atoms with Crippen molar-refractivity contribution in [2.45, 2.75) is 58.7 Å². The minimum atomic E-state index is -0.566. The Morgan fingerprint density at radius 1 is 1.07 bits per heavy atom. The highest BCUT2D eigenvalue weighted by Gasteiger charge is 2.26. The molecule has 4 rings (SSSR count). The van der Waals surface area contributed by atoms with Crippen LogP contribution in [-0.4, -0.2) is 33.7 Å². The second kappa shape index (κ2) is 12.3. The van der Waals surface area contributed by atoms with Crippen molar-refractivity contribution < 1.29 is 19.1 Å². The molecule has 1 atom stereocenters. The standard InChI is InChI=1S/C31H33N5O4/c1-21(10-17-29(37)40-31(2,3)4)36(24-8-6-5-7-9-24)30(38)39-25-15-16-26-27(18-25)35-28(34-26)20-33-23-13-11-22(19-32)12-14-23/h5-9,11-16,18,21,33H,10,17,20H2,1-4H3,(H,34,35). The summed E-state index contributed by atoms with van der Waals surface area (Å²) in [7, 11) is 0. The highest BCUT2D eigenvalue weighted by molar-refractivity contribution is 5.90. The maximum absolute atomic E-state index is 13.4. The number of anilines is 2. The normalized spacial score (nSPS) is 11.9. The first-order chi connectivity index (χ1) is 19.1. The van der Waals surface area contributed by atoms with Gasteiger partial charge in [-0.1, -0.05) is 18.2 Å². The zero-order valence-electron chi connectivity index (χ0n) is 23.1.